The highest BCUT2D eigenvalue weighted by atomic mass is 35.5. The van der Waals surface area contributed by atoms with Gasteiger partial charge in [-0.15, -0.1) is 0 Å². The van der Waals surface area contributed by atoms with Gasteiger partial charge in [-0.2, -0.15) is 0 Å². The first-order valence-electron chi connectivity index (χ1n) is 10.2. The molecule has 0 unspecified atom stereocenters. The summed E-state index contributed by atoms with van der Waals surface area (Å²) in [6, 6.07) is 31.5. The third-order valence-corrected chi connectivity index (χ3v) is 6.05. The first-order valence-corrected chi connectivity index (χ1v) is 10.6. The summed E-state index contributed by atoms with van der Waals surface area (Å²) in [5.74, 6) is 0. The minimum absolute atomic E-state index is 0.738. The normalized spacial score (nSPS) is 11.4. The molecule has 0 fully saturated rings. The standard InChI is InChI=1S/C28H17ClN2/c29-20-7-5-6-18(16-20)21-8-1-2-9-22(21)19-12-13-25-26(17-19)23-10-3-4-11-24(23)27-28(25)31-15-14-30-27/h1-17H. The summed E-state index contributed by atoms with van der Waals surface area (Å²) in [6.45, 7) is 0. The fraction of sp³-hybridized carbons (Fsp3) is 0. The summed E-state index contributed by atoms with van der Waals surface area (Å²) in [6.07, 6.45) is 3.52. The van der Waals surface area contributed by atoms with Gasteiger partial charge in [0.05, 0.1) is 11.0 Å². The number of hydrogen-bond donors (Lipinski definition) is 0. The molecule has 0 aliphatic rings. The molecule has 146 valence electrons. The Bertz CT molecular complexity index is 1570. The Morgan fingerprint density at radius 3 is 1.81 bits per heavy atom. The summed E-state index contributed by atoms with van der Waals surface area (Å²) in [5.41, 5.74) is 6.49. The average molecular weight is 417 g/mol. The van der Waals surface area contributed by atoms with Crippen LogP contribution in [-0.2, 0) is 0 Å². The Hall–Kier alpha value is -3.75. The third-order valence-electron chi connectivity index (χ3n) is 5.82. The smallest absolute Gasteiger partial charge is 0.0971 e. The molecular weight excluding hydrogens is 400 g/mol. The summed E-state index contributed by atoms with van der Waals surface area (Å²) in [4.78, 5) is 9.29. The van der Waals surface area contributed by atoms with Gasteiger partial charge in [0, 0.05) is 28.2 Å². The van der Waals surface area contributed by atoms with Crippen LogP contribution in [-0.4, -0.2) is 9.97 Å². The summed E-state index contributed by atoms with van der Waals surface area (Å²) in [7, 11) is 0. The highest BCUT2D eigenvalue weighted by Gasteiger charge is 2.13. The molecule has 0 atom stereocenters. The first kappa shape index (κ1) is 18.1. The van der Waals surface area contributed by atoms with Gasteiger partial charge in [0.2, 0.25) is 0 Å². The van der Waals surface area contributed by atoms with Crippen LogP contribution in [0.15, 0.2) is 103 Å². The monoisotopic (exact) mass is 416 g/mol. The van der Waals surface area contributed by atoms with Crippen molar-refractivity contribution in [1.82, 2.24) is 9.97 Å². The molecule has 0 aliphatic heterocycles. The molecule has 6 rings (SSSR count). The molecule has 1 heterocycles. The van der Waals surface area contributed by atoms with Crippen molar-refractivity contribution in [2.75, 3.05) is 0 Å². The van der Waals surface area contributed by atoms with E-state index in [4.69, 9.17) is 11.6 Å². The van der Waals surface area contributed by atoms with Crippen LogP contribution in [0.3, 0.4) is 0 Å². The number of nitrogens with zero attached hydrogens (tertiary/aromatic N) is 2. The maximum atomic E-state index is 6.28. The van der Waals surface area contributed by atoms with Crippen LogP contribution >= 0.6 is 11.6 Å². The van der Waals surface area contributed by atoms with Crippen molar-refractivity contribution in [2.45, 2.75) is 0 Å². The Morgan fingerprint density at radius 1 is 0.484 bits per heavy atom. The second-order valence-electron chi connectivity index (χ2n) is 7.62. The third kappa shape index (κ3) is 2.96. The maximum absolute atomic E-state index is 6.28. The van der Waals surface area contributed by atoms with Crippen LogP contribution in [0, 0.1) is 0 Å². The zero-order valence-electron chi connectivity index (χ0n) is 16.6. The van der Waals surface area contributed by atoms with Gasteiger partial charge in [-0.05, 0) is 51.2 Å². The molecule has 0 amide bonds. The fourth-order valence-electron chi connectivity index (χ4n) is 4.44. The second kappa shape index (κ2) is 7.19. The lowest BCUT2D eigenvalue weighted by atomic mass is 9.91. The van der Waals surface area contributed by atoms with Gasteiger partial charge in [-0.3, -0.25) is 9.97 Å². The van der Waals surface area contributed by atoms with Gasteiger partial charge in [0.25, 0.3) is 0 Å². The molecule has 31 heavy (non-hydrogen) atoms. The van der Waals surface area contributed by atoms with Crippen molar-refractivity contribution in [2.24, 2.45) is 0 Å². The minimum atomic E-state index is 0.738. The number of halogens is 1. The van der Waals surface area contributed by atoms with Crippen LogP contribution in [0.25, 0.3) is 54.8 Å². The molecule has 1 aromatic heterocycles. The van der Waals surface area contributed by atoms with Gasteiger partial charge in [-0.25, -0.2) is 0 Å². The highest BCUT2D eigenvalue weighted by molar-refractivity contribution is 6.31. The van der Waals surface area contributed by atoms with Gasteiger partial charge >= 0.3 is 0 Å². The summed E-state index contributed by atoms with van der Waals surface area (Å²) < 4.78 is 0. The average Bonchev–Trinajstić information content (AvgIpc) is 2.84. The van der Waals surface area contributed by atoms with Crippen molar-refractivity contribution in [3.8, 4) is 22.3 Å². The van der Waals surface area contributed by atoms with E-state index < -0.39 is 0 Å². The summed E-state index contributed by atoms with van der Waals surface area (Å²) in [5, 5.41) is 5.35. The second-order valence-corrected chi connectivity index (χ2v) is 8.05. The van der Waals surface area contributed by atoms with Crippen LogP contribution in [0.1, 0.15) is 0 Å². The van der Waals surface area contributed by atoms with E-state index in [-0.39, 0.29) is 0 Å². The van der Waals surface area contributed by atoms with Crippen LogP contribution in [0.5, 0.6) is 0 Å². The molecule has 6 aromatic rings. The van der Waals surface area contributed by atoms with Crippen molar-refractivity contribution < 1.29 is 0 Å². The van der Waals surface area contributed by atoms with Crippen LogP contribution in [0.2, 0.25) is 5.02 Å². The molecule has 2 nitrogen and oxygen atoms in total. The molecule has 0 saturated carbocycles. The van der Waals surface area contributed by atoms with E-state index in [0.29, 0.717) is 0 Å². The topological polar surface area (TPSA) is 25.8 Å². The van der Waals surface area contributed by atoms with Gasteiger partial charge in [0.1, 0.15) is 0 Å². The maximum Gasteiger partial charge on any atom is 0.0971 e. The van der Waals surface area contributed by atoms with Crippen molar-refractivity contribution in [3.05, 3.63) is 108 Å². The molecule has 0 aliphatic carbocycles. The lowest BCUT2D eigenvalue weighted by Crippen LogP contribution is -1.90. The molecular formula is C28H17ClN2. The fourth-order valence-corrected chi connectivity index (χ4v) is 4.63. The predicted molar refractivity (Wildman–Crippen MR) is 130 cm³/mol. The van der Waals surface area contributed by atoms with Crippen LogP contribution in [0.4, 0.5) is 0 Å². The quantitative estimate of drug-likeness (QED) is 0.268. The van der Waals surface area contributed by atoms with E-state index in [9.17, 15) is 0 Å². The van der Waals surface area contributed by atoms with Crippen molar-refractivity contribution in [1.29, 1.82) is 0 Å². The molecule has 5 aromatic carbocycles. The molecule has 0 spiro atoms. The van der Waals surface area contributed by atoms with Gasteiger partial charge in [-0.1, -0.05) is 84.4 Å². The van der Waals surface area contributed by atoms with E-state index in [1.54, 1.807) is 12.4 Å². The largest absolute Gasteiger partial charge is 0.252 e. The minimum Gasteiger partial charge on any atom is -0.252 e. The molecule has 3 heteroatoms. The lowest BCUT2D eigenvalue weighted by Gasteiger charge is -2.13. The highest BCUT2D eigenvalue weighted by Crippen LogP contribution is 2.38. The van der Waals surface area contributed by atoms with Crippen LogP contribution < -0.4 is 0 Å². The number of benzene rings is 5. The Labute approximate surface area is 184 Å². The molecule has 0 saturated heterocycles. The Morgan fingerprint density at radius 2 is 1.10 bits per heavy atom. The lowest BCUT2D eigenvalue weighted by molar-refractivity contribution is 1.31. The van der Waals surface area contributed by atoms with Crippen molar-refractivity contribution in [3.63, 3.8) is 0 Å². The Kier molecular flexibility index (Phi) is 4.19. The zero-order chi connectivity index (χ0) is 20.8. The van der Waals surface area contributed by atoms with E-state index in [1.165, 1.54) is 16.3 Å². The first-order chi connectivity index (χ1) is 15.3. The predicted octanol–water partition coefficient (Wildman–Crippen LogP) is 7.92. The number of rotatable bonds is 2. The van der Waals surface area contributed by atoms with Gasteiger partial charge < -0.3 is 0 Å². The Balaban J connectivity index is 1.67. The number of hydrogen-bond acceptors (Lipinski definition) is 2. The molecule has 0 radical (unpaired) electrons. The van der Waals surface area contributed by atoms with E-state index in [1.807, 2.05) is 18.2 Å². The van der Waals surface area contributed by atoms with E-state index >= 15 is 0 Å². The number of aromatic nitrogens is 2. The summed E-state index contributed by atoms with van der Waals surface area (Å²) >= 11 is 6.28. The zero-order valence-corrected chi connectivity index (χ0v) is 17.3. The SMILES string of the molecule is Clc1cccc(-c2ccccc2-c2ccc3c(c2)c2ccccc2c2nccnc32)c1. The van der Waals surface area contributed by atoms with E-state index in [0.717, 1.165) is 43.5 Å². The number of fused-ring (bicyclic) bond motifs is 6. The van der Waals surface area contributed by atoms with E-state index in [2.05, 4.69) is 82.8 Å². The molecule has 0 bridgehead atoms. The molecule has 0 N–H and O–H groups in total. The van der Waals surface area contributed by atoms with Gasteiger partial charge in [0.15, 0.2) is 0 Å². The van der Waals surface area contributed by atoms with Crippen molar-refractivity contribution >= 4 is 44.2 Å².